The van der Waals surface area contributed by atoms with E-state index in [4.69, 9.17) is 4.74 Å². The predicted molar refractivity (Wildman–Crippen MR) is 50.6 cm³/mol. The number of hydrogen-bond donors (Lipinski definition) is 0. The van der Waals surface area contributed by atoms with Crippen molar-refractivity contribution in [2.24, 2.45) is 0 Å². The molecule has 0 fully saturated rings. The molecule has 1 radical (unpaired) electrons. The summed E-state index contributed by atoms with van der Waals surface area (Å²) in [5.74, 6) is 0.969. The Labute approximate surface area is 74.4 Å². The SMILES string of the molecule is CCc1c[c]c(CC)c(OC)c1. The Bertz CT molecular complexity index is 253. The summed E-state index contributed by atoms with van der Waals surface area (Å²) >= 11 is 0. The molecular formula is C11H15O. The minimum atomic E-state index is 0.969. The Morgan fingerprint density at radius 2 is 2.08 bits per heavy atom. The minimum Gasteiger partial charge on any atom is -0.496 e. The predicted octanol–water partition coefficient (Wildman–Crippen LogP) is 2.62. The van der Waals surface area contributed by atoms with E-state index in [2.05, 4.69) is 26.0 Å². The third kappa shape index (κ3) is 1.79. The first kappa shape index (κ1) is 9.11. The van der Waals surface area contributed by atoms with Crippen LogP contribution in [0.25, 0.3) is 0 Å². The van der Waals surface area contributed by atoms with Crippen LogP contribution in [0.1, 0.15) is 25.0 Å². The second-order valence-electron chi connectivity index (χ2n) is 2.76. The lowest BCUT2D eigenvalue weighted by Gasteiger charge is -2.07. The van der Waals surface area contributed by atoms with Gasteiger partial charge in [-0.2, -0.15) is 0 Å². The number of aryl methyl sites for hydroxylation is 2. The van der Waals surface area contributed by atoms with Crippen LogP contribution in [-0.4, -0.2) is 7.11 Å². The van der Waals surface area contributed by atoms with Crippen molar-refractivity contribution in [1.82, 2.24) is 0 Å². The fourth-order valence-electron chi connectivity index (χ4n) is 1.21. The zero-order chi connectivity index (χ0) is 8.97. The Morgan fingerprint density at radius 3 is 2.58 bits per heavy atom. The van der Waals surface area contributed by atoms with E-state index in [0.717, 1.165) is 24.2 Å². The maximum absolute atomic E-state index is 5.25. The molecule has 0 saturated heterocycles. The van der Waals surface area contributed by atoms with Gasteiger partial charge in [-0.05, 0) is 30.5 Å². The van der Waals surface area contributed by atoms with Crippen molar-refractivity contribution in [3.05, 3.63) is 29.3 Å². The van der Waals surface area contributed by atoms with E-state index in [1.54, 1.807) is 7.11 Å². The van der Waals surface area contributed by atoms with E-state index >= 15 is 0 Å². The first-order chi connectivity index (χ1) is 5.81. The molecule has 0 atom stereocenters. The molecule has 0 bridgehead atoms. The first-order valence-electron chi connectivity index (χ1n) is 4.39. The summed E-state index contributed by atoms with van der Waals surface area (Å²) in [5.41, 5.74) is 2.44. The quantitative estimate of drug-likeness (QED) is 0.665. The van der Waals surface area contributed by atoms with Crippen LogP contribution in [0.4, 0.5) is 0 Å². The number of methoxy groups -OCH3 is 1. The van der Waals surface area contributed by atoms with Crippen molar-refractivity contribution in [2.45, 2.75) is 26.7 Å². The maximum atomic E-state index is 5.25. The van der Waals surface area contributed by atoms with Crippen LogP contribution >= 0.6 is 0 Å². The van der Waals surface area contributed by atoms with E-state index in [1.807, 2.05) is 6.07 Å². The molecule has 1 heteroatoms. The summed E-state index contributed by atoms with van der Waals surface area (Å²) in [4.78, 5) is 0. The van der Waals surface area contributed by atoms with Gasteiger partial charge in [0.15, 0.2) is 0 Å². The third-order valence-electron chi connectivity index (χ3n) is 2.03. The van der Waals surface area contributed by atoms with Crippen molar-refractivity contribution in [2.75, 3.05) is 7.11 Å². The highest BCUT2D eigenvalue weighted by Crippen LogP contribution is 2.20. The van der Waals surface area contributed by atoms with Crippen molar-refractivity contribution >= 4 is 0 Å². The highest BCUT2D eigenvalue weighted by molar-refractivity contribution is 5.36. The lowest BCUT2D eigenvalue weighted by atomic mass is 10.1. The highest BCUT2D eigenvalue weighted by Gasteiger charge is 2.00. The summed E-state index contributed by atoms with van der Waals surface area (Å²) in [5, 5.41) is 0. The molecule has 12 heavy (non-hydrogen) atoms. The molecule has 0 aliphatic heterocycles. The van der Waals surface area contributed by atoms with Crippen LogP contribution in [-0.2, 0) is 12.8 Å². The maximum Gasteiger partial charge on any atom is 0.122 e. The van der Waals surface area contributed by atoms with Gasteiger partial charge in [0.05, 0.1) is 7.11 Å². The molecule has 1 aromatic carbocycles. The van der Waals surface area contributed by atoms with Crippen molar-refractivity contribution < 1.29 is 4.74 Å². The topological polar surface area (TPSA) is 9.23 Å². The summed E-state index contributed by atoms with van der Waals surface area (Å²) in [6, 6.07) is 7.37. The van der Waals surface area contributed by atoms with Gasteiger partial charge >= 0.3 is 0 Å². The summed E-state index contributed by atoms with van der Waals surface area (Å²) in [6.07, 6.45) is 2.02. The Kier molecular flexibility index (Phi) is 3.15. The monoisotopic (exact) mass is 163 g/mol. The molecule has 65 valence electrons. The van der Waals surface area contributed by atoms with E-state index in [1.165, 1.54) is 5.56 Å². The zero-order valence-corrected chi connectivity index (χ0v) is 7.98. The number of benzene rings is 1. The molecule has 0 spiro atoms. The molecule has 1 nitrogen and oxygen atoms in total. The first-order valence-corrected chi connectivity index (χ1v) is 4.39. The van der Waals surface area contributed by atoms with Crippen molar-refractivity contribution in [3.63, 3.8) is 0 Å². The lowest BCUT2D eigenvalue weighted by Crippen LogP contribution is -1.92. The summed E-state index contributed by atoms with van der Waals surface area (Å²) in [6.45, 7) is 4.24. The van der Waals surface area contributed by atoms with Gasteiger partial charge in [-0.1, -0.05) is 19.9 Å². The second kappa shape index (κ2) is 4.15. The number of ether oxygens (including phenoxy) is 1. The summed E-state index contributed by atoms with van der Waals surface area (Å²) < 4.78 is 5.25. The van der Waals surface area contributed by atoms with Gasteiger partial charge in [-0.3, -0.25) is 0 Å². The van der Waals surface area contributed by atoms with Crippen molar-refractivity contribution in [1.29, 1.82) is 0 Å². The molecule has 1 aromatic rings. The Hall–Kier alpha value is -0.980. The Balaban J connectivity index is 3.02. The van der Waals surface area contributed by atoms with Crippen LogP contribution < -0.4 is 4.74 Å². The largest absolute Gasteiger partial charge is 0.496 e. The Morgan fingerprint density at radius 1 is 1.33 bits per heavy atom. The smallest absolute Gasteiger partial charge is 0.122 e. The van der Waals surface area contributed by atoms with E-state index in [0.29, 0.717) is 0 Å². The molecule has 0 aliphatic carbocycles. The highest BCUT2D eigenvalue weighted by atomic mass is 16.5. The zero-order valence-electron chi connectivity index (χ0n) is 7.98. The molecule has 0 amide bonds. The second-order valence-corrected chi connectivity index (χ2v) is 2.76. The fraction of sp³-hybridized carbons (Fsp3) is 0.455. The van der Waals surface area contributed by atoms with Gasteiger partial charge in [0.25, 0.3) is 0 Å². The molecule has 0 aromatic heterocycles. The van der Waals surface area contributed by atoms with E-state index in [-0.39, 0.29) is 0 Å². The van der Waals surface area contributed by atoms with Crippen LogP contribution in [0.2, 0.25) is 0 Å². The van der Waals surface area contributed by atoms with Gasteiger partial charge in [-0.25, -0.2) is 0 Å². The van der Waals surface area contributed by atoms with Gasteiger partial charge in [0, 0.05) is 5.56 Å². The van der Waals surface area contributed by atoms with Gasteiger partial charge in [-0.15, -0.1) is 0 Å². The molecule has 1 rings (SSSR count). The lowest BCUT2D eigenvalue weighted by molar-refractivity contribution is 0.409. The average molecular weight is 163 g/mol. The van der Waals surface area contributed by atoms with Gasteiger partial charge < -0.3 is 4.74 Å². The summed E-state index contributed by atoms with van der Waals surface area (Å²) in [7, 11) is 1.71. The minimum absolute atomic E-state index is 0.969. The van der Waals surface area contributed by atoms with Crippen molar-refractivity contribution in [3.8, 4) is 5.75 Å². The fourth-order valence-corrected chi connectivity index (χ4v) is 1.21. The van der Waals surface area contributed by atoms with Crippen LogP contribution in [0, 0.1) is 6.07 Å². The molecule has 0 aliphatic rings. The van der Waals surface area contributed by atoms with Crippen LogP contribution in [0.5, 0.6) is 5.75 Å². The molecule has 0 heterocycles. The van der Waals surface area contributed by atoms with E-state index in [9.17, 15) is 0 Å². The van der Waals surface area contributed by atoms with Crippen LogP contribution in [0.3, 0.4) is 0 Å². The molecule has 0 N–H and O–H groups in total. The molecular weight excluding hydrogens is 148 g/mol. The third-order valence-corrected chi connectivity index (χ3v) is 2.03. The molecule has 0 saturated carbocycles. The average Bonchev–Trinajstić information content (AvgIpc) is 2.16. The standard InChI is InChI=1S/C11H15O/c1-4-9-6-7-10(5-2)11(8-9)12-3/h6,8H,4-5H2,1-3H3. The van der Waals surface area contributed by atoms with Gasteiger partial charge in [0.1, 0.15) is 5.75 Å². The van der Waals surface area contributed by atoms with Gasteiger partial charge in [0.2, 0.25) is 0 Å². The number of hydrogen-bond acceptors (Lipinski definition) is 1. The molecule has 0 unspecified atom stereocenters. The van der Waals surface area contributed by atoms with E-state index < -0.39 is 0 Å². The van der Waals surface area contributed by atoms with Crippen LogP contribution in [0.15, 0.2) is 12.1 Å². The number of rotatable bonds is 3. The normalized spacial score (nSPS) is 9.92.